The number of alkyl halides is 3. The minimum Gasteiger partial charge on any atom is -0.366 e. The molecule has 0 saturated heterocycles. The van der Waals surface area contributed by atoms with Crippen LogP contribution >= 0.6 is 11.3 Å². The first-order valence-electron chi connectivity index (χ1n) is 7.68. The summed E-state index contributed by atoms with van der Waals surface area (Å²) in [6.07, 6.45) is -3.83. The molecule has 1 aliphatic rings. The van der Waals surface area contributed by atoms with Crippen molar-refractivity contribution >= 4 is 27.4 Å². The van der Waals surface area contributed by atoms with Gasteiger partial charge < -0.3 is 5.32 Å². The number of fused-ring (bicyclic) bond motifs is 1. The fraction of sp³-hybridized carbons (Fsp3) is 0.294. The Morgan fingerprint density at radius 3 is 2.56 bits per heavy atom. The van der Waals surface area contributed by atoms with Crippen LogP contribution in [-0.2, 0) is 6.18 Å². The Morgan fingerprint density at radius 2 is 1.88 bits per heavy atom. The molecular weight excluding hydrogens is 354 g/mol. The van der Waals surface area contributed by atoms with Gasteiger partial charge >= 0.3 is 6.18 Å². The Hall–Kier alpha value is -2.22. The van der Waals surface area contributed by atoms with Crippen LogP contribution in [0.2, 0.25) is 0 Å². The van der Waals surface area contributed by atoms with Gasteiger partial charge in [-0.3, -0.25) is 0 Å². The van der Waals surface area contributed by atoms with Gasteiger partial charge in [0.05, 0.1) is 5.39 Å². The molecule has 1 aromatic carbocycles. The van der Waals surface area contributed by atoms with E-state index in [1.165, 1.54) is 23.5 Å². The van der Waals surface area contributed by atoms with Crippen LogP contribution in [0.4, 0.5) is 23.4 Å². The first kappa shape index (κ1) is 16.3. The maximum absolute atomic E-state index is 13.1. The summed E-state index contributed by atoms with van der Waals surface area (Å²) in [6.45, 7) is 1.82. The van der Waals surface area contributed by atoms with Crippen LogP contribution in [0.25, 0.3) is 10.2 Å². The quantitative estimate of drug-likeness (QED) is 0.653. The predicted octanol–water partition coefficient (Wildman–Crippen LogP) is 5.13. The highest BCUT2D eigenvalue weighted by Gasteiger charge is 2.40. The van der Waals surface area contributed by atoms with Gasteiger partial charge in [-0.2, -0.15) is 13.2 Å². The fourth-order valence-electron chi connectivity index (χ4n) is 2.89. The van der Waals surface area contributed by atoms with E-state index in [0.29, 0.717) is 10.2 Å². The number of hydrogen-bond acceptors (Lipinski definition) is 4. The van der Waals surface area contributed by atoms with Crippen molar-refractivity contribution in [3.05, 3.63) is 52.4 Å². The summed E-state index contributed by atoms with van der Waals surface area (Å²) in [5.74, 6) is -1.10. The van der Waals surface area contributed by atoms with Crippen molar-refractivity contribution in [1.82, 2.24) is 9.97 Å². The maximum atomic E-state index is 13.1. The van der Waals surface area contributed by atoms with E-state index in [0.717, 1.165) is 16.9 Å². The van der Waals surface area contributed by atoms with Crippen LogP contribution in [-0.4, -0.2) is 16.0 Å². The minimum atomic E-state index is -4.59. The third-order valence-electron chi connectivity index (χ3n) is 4.18. The Kier molecular flexibility index (Phi) is 3.68. The van der Waals surface area contributed by atoms with Gasteiger partial charge in [0.1, 0.15) is 16.5 Å². The third kappa shape index (κ3) is 3.18. The summed E-state index contributed by atoms with van der Waals surface area (Å²) in [7, 11) is 0. The largest absolute Gasteiger partial charge is 0.451 e. The summed E-state index contributed by atoms with van der Waals surface area (Å²) < 4.78 is 52.2. The summed E-state index contributed by atoms with van der Waals surface area (Å²) >= 11 is 1.21. The maximum Gasteiger partial charge on any atom is 0.451 e. The molecule has 1 saturated carbocycles. The van der Waals surface area contributed by atoms with E-state index in [1.54, 1.807) is 18.2 Å². The number of anilines is 1. The van der Waals surface area contributed by atoms with Gasteiger partial charge in [0.25, 0.3) is 0 Å². The van der Waals surface area contributed by atoms with Gasteiger partial charge in [-0.05, 0) is 37.1 Å². The number of aromatic nitrogens is 2. The molecule has 2 heterocycles. The average Bonchev–Trinajstić information content (AvgIpc) is 3.18. The van der Waals surface area contributed by atoms with Crippen molar-refractivity contribution in [2.45, 2.75) is 31.5 Å². The monoisotopic (exact) mass is 367 g/mol. The van der Waals surface area contributed by atoms with E-state index in [4.69, 9.17) is 0 Å². The van der Waals surface area contributed by atoms with Crippen LogP contribution in [0.15, 0.2) is 30.3 Å². The molecule has 2 atom stereocenters. The molecule has 4 rings (SSSR count). The van der Waals surface area contributed by atoms with Gasteiger partial charge in [0.2, 0.25) is 5.82 Å². The normalized spacial score (nSPS) is 20.0. The summed E-state index contributed by atoms with van der Waals surface area (Å²) in [4.78, 5) is 8.54. The number of aryl methyl sites for hydroxylation is 1. The smallest absolute Gasteiger partial charge is 0.366 e. The van der Waals surface area contributed by atoms with Gasteiger partial charge in [0.15, 0.2) is 0 Å². The number of thiophene rings is 1. The molecule has 0 bridgehead atoms. The second kappa shape index (κ2) is 5.66. The number of hydrogen-bond donors (Lipinski definition) is 1. The highest BCUT2D eigenvalue weighted by atomic mass is 32.1. The lowest BCUT2D eigenvalue weighted by molar-refractivity contribution is -0.144. The lowest BCUT2D eigenvalue weighted by Gasteiger charge is -2.10. The van der Waals surface area contributed by atoms with Crippen molar-refractivity contribution in [2.75, 3.05) is 5.32 Å². The Balaban J connectivity index is 1.64. The molecule has 0 radical (unpaired) electrons. The average molecular weight is 367 g/mol. The third-order valence-corrected chi connectivity index (χ3v) is 5.12. The van der Waals surface area contributed by atoms with E-state index in [1.807, 2.05) is 6.92 Å². The van der Waals surface area contributed by atoms with Gasteiger partial charge in [-0.15, -0.1) is 11.3 Å². The SMILES string of the molecule is Cc1cc2c(N[C@@H]3CC3c3ccc(F)cc3)nc(C(F)(F)F)nc2s1. The van der Waals surface area contributed by atoms with Crippen LogP contribution in [0.1, 0.15) is 28.6 Å². The molecule has 1 N–H and O–H groups in total. The molecule has 0 amide bonds. The molecule has 3 nitrogen and oxygen atoms in total. The number of nitrogens with one attached hydrogen (secondary N) is 1. The van der Waals surface area contributed by atoms with Crippen molar-refractivity contribution in [2.24, 2.45) is 0 Å². The van der Waals surface area contributed by atoms with Gasteiger partial charge in [-0.1, -0.05) is 12.1 Å². The molecular formula is C17H13F4N3S. The highest BCUT2D eigenvalue weighted by Crippen LogP contribution is 2.44. The van der Waals surface area contributed by atoms with Crippen molar-refractivity contribution in [3.63, 3.8) is 0 Å². The molecule has 2 aromatic heterocycles. The van der Waals surface area contributed by atoms with Gasteiger partial charge in [0, 0.05) is 16.8 Å². The van der Waals surface area contributed by atoms with Crippen LogP contribution in [0.5, 0.6) is 0 Å². The standard InChI is InChI=1S/C17H13F4N3S/c1-8-6-12-14(23-16(17(19,20)21)24-15(12)25-8)22-13-7-11(13)9-2-4-10(18)5-3-9/h2-6,11,13H,7H2,1H3,(H,22,23,24)/t11?,13-/m1/s1. The van der Waals surface area contributed by atoms with Crippen LogP contribution in [0.3, 0.4) is 0 Å². The predicted molar refractivity (Wildman–Crippen MR) is 88.3 cm³/mol. The first-order chi connectivity index (χ1) is 11.8. The van der Waals surface area contributed by atoms with Crippen LogP contribution in [0, 0.1) is 12.7 Å². The van der Waals surface area contributed by atoms with E-state index in [9.17, 15) is 17.6 Å². The second-order valence-electron chi connectivity index (χ2n) is 6.11. The number of halogens is 4. The molecule has 1 unspecified atom stereocenters. The molecule has 1 aliphatic carbocycles. The molecule has 25 heavy (non-hydrogen) atoms. The van der Waals surface area contributed by atoms with E-state index >= 15 is 0 Å². The highest BCUT2D eigenvalue weighted by molar-refractivity contribution is 7.18. The van der Waals surface area contributed by atoms with Gasteiger partial charge in [-0.25, -0.2) is 14.4 Å². The molecule has 130 valence electrons. The van der Waals surface area contributed by atoms with Crippen LogP contribution < -0.4 is 5.32 Å². The first-order valence-corrected chi connectivity index (χ1v) is 8.50. The number of nitrogens with zero attached hydrogens (tertiary/aromatic N) is 2. The number of rotatable bonds is 3. The van der Waals surface area contributed by atoms with E-state index in [-0.39, 0.29) is 23.6 Å². The van der Waals surface area contributed by atoms with Crippen molar-refractivity contribution in [1.29, 1.82) is 0 Å². The van der Waals surface area contributed by atoms with Crippen molar-refractivity contribution < 1.29 is 17.6 Å². The molecule has 8 heteroatoms. The summed E-state index contributed by atoms with van der Waals surface area (Å²) in [6, 6.07) is 7.94. The topological polar surface area (TPSA) is 37.8 Å². The van der Waals surface area contributed by atoms with E-state index < -0.39 is 12.0 Å². The molecule has 3 aromatic rings. The zero-order chi connectivity index (χ0) is 17.8. The summed E-state index contributed by atoms with van der Waals surface area (Å²) in [5, 5.41) is 3.71. The number of benzene rings is 1. The molecule has 1 fully saturated rings. The Bertz CT molecular complexity index is 933. The Labute approximate surface area is 144 Å². The zero-order valence-corrected chi connectivity index (χ0v) is 13.9. The minimum absolute atomic E-state index is 0.0233. The molecule has 0 spiro atoms. The molecule has 0 aliphatic heterocycles. The Morgan fingerprint density at radius 1 is 1.16 bits per heavy atom. The fourth-order valence-corrected chi connectivity index (χ4v) is 3.77. The summed E-state index contributed by atoms with van der Waals surface area (Å²) in [5.41, 5.74) is 0.960. The zero-order valence-electron chi connectivity index (χ0n) is 13.1. The lowest BCUT2D eigenvalue weighted by atomic mass is 10.1. The van der Waals surface area contributed by atoms with Crippen molar-refractivity contribution in [3.8, 4) is 0 Å². The van der Waals surface area contributed by atoms with E-state index in [2.05, 4.69) is 15.3 Å². The lowest BCUT2D eigenvalue weighted by Crippen LogP contribution is -2.14. The second-order valence-corrected chi connectivity index (χ2v) is 7.35.